The van der Waals surface area contributed by atoms with E-state index in [1.807, 2.05) is 0 Å². The van der Waals surface area contributed by atoms with Crippen LogP contribution in [0.25, 0.3) is 10.8 Å². The molecule has 3 aromatic rings. The molecule has 1 nitrogen and oxygen atoms in total. The number of allylic oxidation sites excluding steroid dienone is 2. The van der Waals surface area contributed by atoms with Crippen LogP contribution in [0.3, 0.4) is 0 Å². The summed E-state index contributed by atoms with van der Waals surface area (Å²) in [5, 5.41) is 2.63. The van der Waals surface area contributed by atoms with Crippen LogP contribution in [0.1, 0.15) is 18.9 Å². The lowest BCUT2D eigenvalue weighted by molar-refractivity contribution is 0.533. The Morgan fingerprint density at radius 2 is 1.62 bits per heavy atom. The van der Waals surface area contributed by atoms with Gasteiger partial charge in [-0.2, -0.15) is 0 Å². The maximum atomic E-state index is 2.59. The minimum atomic E-state index is 0.370. The van der Waals surface area contributed by atoms with E-state index in [0.29, 0.717) is 12.0 Å². The average molecular weight is 337 g/mol. The van der Waals surface area contributed by atoms with Gasteiger partial charge in [0.05, 0.1) is 6.04 Å². The highest BCUT2D eigenvalue weighted by atomic mass is 15.2. The zero-order valence-electron chi connectivity index (χ0n) is 15.1. The van der Waals surface area contributed by atoms with Crippen molar-refractivity contribution in [3.63, 3.8) is 0 Å². The zero-order chi connectivity index (χ0) is 17.5. The van der Waals surface area contributed by atoms with Crippen molar-refractivity contribution < 1.29 is 0 Å². The van der Waals surface area contributed by atoms with E-state index in [1.54, 1.807) is 0 Å². The second-order valence-electron chi connectivity index (χ2n) is 7.46. The van der Waals surface area contributed by atoms with Crippen molar-refractivity contribution in [2.24, 2.45) is 5.92 Å². The Balaban J connectivity index is 1.78. The predicted octanol–water partition coefficient (Wildman–Crippen LogP) is 6.43. The fourth-order valence-corrected chi connectivity index (χ4v) is 4.52. The SMILES string of the molecule is CC1=CC2C(C=C1)CCc1ccccc1N2c1cccc2ccccc12. The Hall–Kier alpha value is -2.80. The fraction of sp³-hybridized carbons (Fsp3) is 0.200. The van der Waals surface area contributed by atoms with Crippen LogP contribution in [-0.4, -0.2) is 6.04 Å². The van der Waals surface area contributed by atoms with Crippen molar-refractivity contribution in [2.45, 2.75) is 25.8 Å². The molecule has 5 rings (SSSR count). The lowest BCUT2D eigenvalue weighted by Crippen LogP contribution is -2.36. The van der Waals surface area contributed by atoms with Crippen molar-refractivity contribution in [3.05, 3.63) is 96.1 Å². The van der Waals surface area contributed by atoms with Gasteiger partial charge in [-0.1, -0.05) is 78.4 Å². The van der Waals surface area contributed by atoms with E-state index in [-0.39, 0.29) is 0 Å². The lowest BCUT2D eigenvalue weighted by Gasteiger charge is -2.37. The smallest absolute Gasteiger partial charge is 0.0591 e. The van der Waals surface area contributed by atoms with Gasteiger partial charge >= 0.3 is 0 Å². The Morgan fingerprint density at radius 3 is 2.58 bits per heavy atom. The number of anilines is 2. The number of benzene rings is 3. The minimum Gasteiger partial charge on any atom is -0.333 e. The number of aryl methyl sites for hydroxylation is 1. The fourth-order valence-electron chi connectivity index (χ4n) is 4.52. The van der Waals surface area contributed by atoms with Gasteiger partial charge in [-0.3, -0.25) is 0 Å². The van der Waals surface area contributed by atoms with Crippen molar-refractivity contribution in [2.75, 3.05) is 4.90 Å². The van der Waals surface area contributed by atoms with Gasteiger partial charge in [0, 0.05) is 22.7 Å². The van der Waals surface area contributed by atoms with Gasteiger partial charge in [0.15, 0.2) is 0 Å². The molecule has 1 heterocycles. The molecule has 1 aliphatic carbocycles. The number of para-hydroxylation sites is 1. The quantitative estimate of drug-likeness (QED) is 0.495. The molecule has 1 heteroatoms. The summed E-state index contributed by atoms with van der Waals surface area (Å²) in [6, 6.07) is 24.7. The molecule has 0 bridgehead atoms. The third kappa shape index (κ3) is 2.47. The molecule has 0 saturated heterocycles. The zero-order valence-corrected chi connectivity index (χ0v) is 15.1. The monoisotopic (exact) mass is 337 g/mol. The number of hydrogen-bond acceptors (Lipinski definition) is 1. The summed E-state index contributed by atoms with van der Waals surface area (Å²) in [4.78, 5) is 2.59. The highest BCUT2D eigenvalue weighted by Crippen LogP contribution is 2.42. The van der Waals surface area contributed by atoms with Crippen molar-refractivity contribution in [3.8, 4) is 0 Å². The van der Waals surface area contributed by atoms with Gasteiger partial charge in [-0.05, 0) is 42.8 Å². The Bertz CT molecular complexity index is 1020. The standard InChI is InChI=1S/C25H23N/c1-18-13-14-21-16-15-20-8-3-5-11-23(20)26(25(21)17-18)24-12-6-9-19-7-2-4-10-22(19)24/h2-14,17,21,25H,15-16H2,1H3. The Kier molecular flexibility index (Phi) is 3.67. The first-order valence-electron chi connectivity index (χ1n) is 9.53. The van der Waals surface area contributed by atoms with E-state index in [2.05, 4.69) is 96.8 Å². The van der Waals surface area contributed by atoms with E-state index in [4.69, 9.17) is 0 Å². The summed E-state index contributed by atoms with van der Waals surface area (Å²) in [6.45, 7) is 2.21. The van der Waals surface area contributed by atoms with E-state index in [0.717, 1.165) is 6.42 Å². The summed E-state index contributed by atoms with van der Waals surface area (Å²) < 4.78 is 0. The summed E-state index contributed by atoms with van der Waals surface area (Å²) in [5.41, 5.74) is 5.48. The van der Waals surface area contributed by atoms with Crippen LogP contribution >= 0.6 is 0 Å². The lowest BCUT2D eigenvalue weighted by atomic mass is 9.87. The number of hydrogen-bond donors (Lipinski definition) is 0. The summed E-state index contributed by atoms with van der Waals surface area (Å²) in [5.74, 6) is 0.546. The van der Waals surface area contributed by atoms with Crippen LogP contribution in [0.4, 0.5) is 11.4 Å². The number of rotatable bonds is 1. The van der Waals surface area contributed by atoms with Crippen LogP contribution in [-0.2, 0) is 6.42 Å². The molecule has 2 atom stereocenters. The van der Waals surface area contributed by atoms with Crippen molar-refractivity contribution in [1.82, 2.24) is 0 Å². The molecule has 26 heavy (non-hydrogen) atoms. The largest absolute Gasteiger partial charge is 0.333 e. The van der Waals surface area contributed by atoms with Gasteiger partial charge in [-0.25, -0.2) is 0 Å². The minimum absolute atomic E-state index is 0.370. The molecule has 0 saturated carbocycles. The molecule has 0 radical (unpaired) electrons. The van der Waals surface area contributed by atoms with Gasteiger partial charge in [0.25, 0.3) is 0 Å². The molecular weight excluding hydrogens is 314 g/mol. The molecule has 0 amide bonds. The molecule has 2 aliphatic rings. The predicted molar refractivity (Wildman–Crippen MR) is 111 cm³/mol. The van der Waals surface area contributed by atoms with Crippen LogP contribution in [0, 0.1) is 5.92 Å². The number of fused-ring (bicyclic) bond motifs is 3. The highest BCUT2D eigenvalue weighted by Gasteiger charge is 2.32. The van der Waals surface area contributed by atoms with Gasteiger partial charge in [-0.15, -0.1) is 0 Å². The molecule has 0 N–H and O–H groups in total. The molecular formula is C25H23N. The molecule has 0 fully saturated rings. The van der Waals surface area contributed by atoms with E-state index >= 15 is 0 Å². The topological polar surface area (TPSA) is 3.24 Å². The molecule has 128 valence electrons. The second-order valence-corrected chi connectivity index (χ2v) is 7.46. The van der Waals surface area contributed by atoms with Crippen molar-refractivity contribution >= 4 is 22.1 Å². The molecule has 2 unspecified atom stereocenters. The molecule has 3 aromatic carbocycles. The average Bonchev–Trinajstić information content (AvgIpc) is 2.84. The summed E-state index contributed by atoms with van der Waals surface area (Å²) in [6.07, 6.45) is 9.50. The van der Waals surface area contributed by atoms with Crippen LogP contribution in [0.5, 0.6) is 0 Å². The Labute approximate surface area is 155 Å². The molecule has 0 aromatic heterocycles. The van der Waals surface area contributed by atoms with Gasteiger partial charge < -0.3 is 4.90 Å². The van der Waals surface area contributed by atoms with Crippen molar-refractivity contribution in [1.29, 1.82) is 0 Å². The summed E-state index contributed by atoms with van der Waals surface area (Å²) in [7, 11) is 0. The normalized spacial score (nSPS) is 21.7. The van der Waals surface area contributed by atoms with Crippen LogP contribution in [0.15, 0.2) is 90.5 Å². The van der Waals surface area contributed by atoms with E-state index in [1.165, 1.54) is 39.7 Å². The maximum Gasteiger partial charge on any atom is 0.0591 e. The first-order chi connectivity index (χ1) is 12.8. The van der Waals surface area contributed by atoms with E-state index < -0.39 is 0 Å². The first kappa shape index (κ1) is 15.5. The Morgan fingerprint density at radius 1 is 0.846 bits per heavy atom. The van der Waals surface area contributed by atoms with Gasteiger partial charge in [0.2, 0.25) is 0 Å². The highest BCUT2D eigenvalue weighted by molar-refractivity contribution is 5.96. The molecule has 0 spiro atoms. The van der Waals surface area contributed by atoms with Crippen LogP contribution < -0.4 is 4.90 Å². The third-order valence-electron chi connectivity index (χ3n) is 5.80. The summed E-state index contributed by atoms with van der Waals surface area (Å²) >= 11 is 0. The maximum absolute atomic E-state index is 2.59. The first-order valence-corrected chi connectivity index (χ1v) is 9.53. The van der Waals surface area contributed by atoms with Gasteiger partial charge in [0.1, 0.15) is 0 Å². The van der Waals surface area contributed by atoms with Crippen LogP contribution in [0.2, 0.25) is 0 Å². The molecule has 1 aliphatic heterocycles. The second kappa shape index (κ2) is 6.17. The van der Waals surface area contributed by atoms with E-state index in [9.17, 15) is 0 Å². The third-order valence-corrected chi connectivity index (χ3v) is 5.80. The number of nitrogens with zero attached hydrogens (tertiary/aromatic N) is 1.